The molecule has 0 unspecified atom stereocenters. The zero-order chi connectivity index (χ0) is 17.0. The summed E-state index contributed by atoms with van der Waals surface area (Å²) in [6, 6.07) is 10.7. The quantitative estimate of drug-likeness (QED) is 0.881. The van der Waals surface area contributed by atoms with Crippen LogP contribution >= 0.6 is 0 Å². The summed E-state index contributed by atoms with van der Waals surface area (Å²) in [6.45, 7) is 3.45. The van der Waals surface area contributed by atoms with Crippen LogP contribution in [0.5, 0.6) is 0 Å². The Morgan fingerprint density at radius 1 is 1.00 bits per heavy atom. The number of halogens is 1. The summed E-state index contributed by atoms with van der Waals surface area (Å²) in [7, 11) is -3.59. The first-order valence-electron chi connectivity index (χ1n) is 6.97. The van der Waals surface area contributed by atoms with Crippen molar-refractivity contribution in [3.05, 3.63) is 59.9 Å². The van der Waals surface area contributed by atoms with Crippen LogP contribution in [0, 0.1) is 5.82 Å². The summed E-state index contributed by atoms with van der Waals surface area (Å²) in [5.74, 6) is -0.799. The molecule has 0 bridgehead atoms. The van der Waals surface area contributed by atoms with Crippen LogP contribution < -0.4 is 10.0 Å². The van der Waals surface area contributed by atoms with Gasteiger partial charge in [-0.1, -0.05) is 0 Å². The van der Waals surface area contributed by atoms with Crippen LogP contribution in [-0.2, 0) is 10.0 Å². The Morgan fingerprint density at radius 2 is 1.57 bits per heavy atom. The minimum absolute atomic E-state index is 0.0875. The van der Waals surface area contributed by atoms with E-state index < -0.39 is 21.7 Å². The highest BCUT2D eigenvalue weighted by Gasteiger charge is 2.16. The number of carbonyl (C=O) groups excluding carboxylic acids is 1. The Morgan fingerprint density at radius 3 is 2.09 bits per heavy atom. The number of anilines is 1. The van der Waals surface area contributed by atoms with Crippen molar-refractivity contribution in [3.63, 3.8) is 0 Å². The van der Waals surface area contributed by atoms with Crippen molar-refractivity contribution in [3.8, 4) is 0 Å². The van der Waals surface area contributed by atoms with Crippen LogP contribution in [0.1, 0.15) is 24.2 Å². The number of benzene rings is 2. The molecular weight excluding hydrogens is 319 g/mol. The molecule has 0 saturated carbocycles. The summed E-state index contributed by atoms with van der Waals surface area (Å²) < 4.78 is 39.3. The number of sulfonamides is 1. The molecule has 0 aliphatic heterocycles. The van der Waals surface area contributed by atoms with Gasteiger partial charge in [0.25, 0.3) is 5.91 Å². The third-order valence-corrected chi connectivity index (χ3v) is 4.59. The highest BCUT2D eigenvalue weighted by Crippen LogP contribution is 2.14. The molecule has 23 heavy (non-hydrogen) atoms. The Kier molecular flexibility index (Phi) is 5.12. The van der Waals surface area contributed by atoms with Gasteiger partial charge in [-0.2, -0.15) is 0 Å². The molecule has 0 spiro atoms. The second-order valence-corrected chi connectivity index (χ2v) is 6.98. The van der Waals surface area contributed by atoms with Crippen LogP contribution in [0.2, 0.25) is 0 Å². The van der Waals surface area contributed by atoms with E-state index in [0.717, 1.165) is 0 Å². The van der Waals surface area contributed by atoms with Gasteiger partial charge in [0.2, 0.25) is 10.0 Å². The fraction of sp³-hybridized carbons (Fsp3) is 0.188. The van der Waals surface area contributed by atoms with Gasteiger partial charge in [-0.15, -0.1) is 0 Å². The van der Waals surface area contributed by atoms with E-state index in [9.17, 15) is 17.6 Å². The molecule has 0 atom stereocenters. The van der Waals surface area contributed by atoms with E-state index in [-0.39, 0.29) is 10.9 Å². The number of hydrogen-bond acceptors (Lipinski definition) is 3. The number of amides is 1. The summed E-state index contributed by atoms with van der Waals surface area (Å²) in [5.41, 5.74) is 0.757. The van der Waals surface area contributed by atoms with Gasteiger partial charge in [-0.25, -0.2) is 17.5 Å². The lowest BCUT2D eigenvalue weighted by molar-refractivity contribution is 0.102. The van der Waals surface area contributed by atoms with Crippen molar-refractivity contribution in [1.29, 1.82) is 0 Å². The standard InChI is InChI=1S/C16H17FN2O3S/c1-11(2)19-23(21,22)15-9-3-12(4-10-15)16(20)18-14-7-5-13(17)6-8-14/h3-11,19H,1-2H3,(H,18,20). The van der Waals surface area contributed by atoms with E-state index in [1.54, 1.807) is 13.8 Å². The van der Waals surface area contributed by atoms with E-state index in [0.29, 0.717) is 11.3 Å². The molecule has 2 aromatic rings. The molecule has 0 aromatic heterocycles. The minimum atomic E-state index is -3.59. The number of rotatable bonds is 5. The maximum absolute atomic E-state index is 12.8. The summed E-state index contributed by atoms with van der Waals surface area (Å²) in [4.78, 5) is 12.2. The van der Waals surface area contributed by atoms with Crippen LogP contribution in [0.4, 0.5) is 10.1 Å². The largest absolute Gasteiger partial charge is 0.322 e. The van der Waals surface area contributed by atoms with Gasteiger partial charge in [-0.05, 0) is 62.4 Å². The molecule has 0 fully saturated rings. The first kappa shape index (κ1) is 17.1. The Hall–Kier alpha value is -2.25. The maximum Gasteiger partial charge on any atom is 0.255 e. The molecule has 0 aliphatic carbocycles. The predicted octanol–water partition coefficient (Wildman–Crippen LogP) is 2.76. The average Bonchev–Trinajstić information content (AvgIpc) is 2.48. The van der Waals surface area contributed by atoms with Gasteiger partial charge in [0.05, 0.1) is 4.90 Å². The molecule has 0 heterocycles. The van der Waals surface area contributed by atoms with Gasteiger partial charge in [0.1, 0.15) is 5.82 Å². The van der Waals surface area contributed by atoms with Crippen LogP contribution in [0.15, 0.2) is 53.4 Å². The second-order valence-electron chi connectivity index (χ2n) is 5.26. The molecular formula is C16H17FN2O3S. The van der Waals surface area contributed by atoms with Gasteiger partial charge >= 0.3 is 0 Å². The van der Waals surface area contributed by atoms with E-state index >= 15 is 0 Å². The van der Waals surface area contributed by atoms with Crippen molar-refractivity contribution < 1.29 is 17.6 Å². The van der Waals surface area contributed by atoms with Crippen LogP contribution in [0.3, 0.4) is 0 Å². The molecule has 2 rings (SSSR count). The molecule has 0 aliphatic rings. The summed E-state index contributed by atoms with van der Waals surface area (Å²) in [6.07, 6.45) is 0. The number of nitrogens with one attached hydrogen (secondary N) is 2. The van der Waals surface area contributed by atoms with E-state index in [1.165, 1.54) is 48.5 Å². The van der Waals surface area contributed by atoms with Crippen molar-refractivity contribution in [2.45, 2.75) is 24.8 Å². The Balaban J connectivity index is 2.13. The number of hydrogen-bond donors (Lipinski definition) is 2. The fourth-order valence-corrected chi connectivity index (χ4v) is 3.15. The van der Waals surface area contributed by atoms with Gasteiger partial charge in [0.15, 0.2) is 0 Å². The number of carbonyl (C=O) groups is 1. The lowest BCUT2D eigenvalue weighted by atomic mass is 10.2. The SMILES string of the molecule is CC(C)NS(=O)(=O)c1ccc(C(=O)Nc2ccc(F)cc2)cc1. The Bertz CT molecular complexity index is 785. The Labute approximate surface area is 134 Å². The van der Waals surface area contributed by atoms with Crippen molar-refractivity contribution in [2.75, 3.05) is 5.32 Å². The molecule has 1 amide bonds. The van der Waals surface area contributed by atoms with E-state index in [2.05, 4.69) is 10.0 Å². The smallest absolute Gasteiger partial charge is 0.255 e. The topological polar surface area (TPSA) is 75.3 Å². The monoisotopic (exact) mass is 336 g/mol. The summed E-state index contributed by atoms with van der Waals surface area (Å²) in [5, 5.41) is 2.61. The average molecular weight is 336 g/mol. The third kappa shape index (κ3) is 4.61. The lowest BCUT2D eigenvalue weighted by Crippen LogP contribution is -2.30. The van der Waals surface area contributed by atoms with Crippen molar-refractivity contribution in [2.24, 2.45) is 0 Å². The van der Waals surface area contributed by atoms with Gasteiger partial charge < -0.3 is 5.32 Å². The minimum Gasteiger partial charge on any atom is -0.322 e. The molecule has 5 nitrogen and oxygen atoms in total. The van der Waals surface area contributed by atoms with Crippen LogP contribution in [0.25, 0.3) is 0 Å². The normalized spacial score (nSPS) is 11.5. The molecule has 2 aromatic carbocycles. The molecule has 0 saturated heterocycles. The second kappa shape index (κ2) is 6.89. The van der Waals surface area contributed by atoms with Gasteiger partial charge in [-0.3, -0.25) is 4.79 Å². The highest BCUT2D eigenvalue weighted by atomic mass is 32.2. The maximum atomic E-state index is 12.8. The lowest BCUT2D eigenvalue weighted by Gasteiger charge is -2.10. The van der Waals surface area contributed by atoms with E-state index in [4.69, 9.17) is 0 Å². The molecule has 2 N–H and O–H groups in total. The van der Waals surface area contributed by atoms with E-state index in [1.807, 2.05) is 0 Å². The molecule has 122 valence electrons. The third-order valence-electron chi connectivity index (χ3n) is 2.92. The predicted molar refractivity (Wildman–Crippen MR) is 86.3 cm³/mol. The fourth-order valence-electron chi connectivity index (χ4n) is 1.90. The summed E-state index contributed by atoms with van der Waals surface area (Å²) >= 11 is 0. The molecule has 7 heteroatoms. The molecule has 0 radical (unpaired) electrons. The zero-order valence-corrected chi connectivity index (χ0v) is 13.5. The zero-order valence-electron chi connectivity index (χ0n) is 12.7. The first-order valence-corrected chi connectivity index (χ1v) is 8.45. The highest BCUT2D eigenvalue weighted by molar-refractivity contribution is 7.89. The van der Waals surface area contributed by atoms with Crippen molar-refractivity contribution in [1.82, 2.24) is 4.72 Å². The first-order chi connectivity index (χ1) is 10.8. The van der Waals surface area contributed by atoms with Gasteiger partial charge in [0, 0.05) is 17.3 Å². The van der Waals surface area contributed by atoms with Crippen LogP contribution in [-0.4, -0.2) is 20.4 Å². The van der Waals surface area contributed by atoms with Crippen molar-refractivity contribution >= 4 is 21.6 Å².